The molecule has 1 atom stereocenters. The molecule has 0 bridgehead atoms. The summed E-state index contributed by atoms with van der Waals surface area (Å²) < 4.78 is 13.2. The van der Waals surface area contributed by atoms with Gasteiger partial charge in [0, 0.05) is 69.1 Å². The van der Waals surface area contributed by atoms with Gasteiger partial charge in [-0.1, -0.05) is 29.8 Å². The topological polar surface area (TPSA) is 175 Å². The molecule has 1 unspecified atom stereocenters. The second kappa shape index (κ2) is 16.4. The Labute approximate surface area is 336 Å². The number of aromatic hydroxyl groups is 1. The number of carbonyl (C=O) groups is 2. The third kappa shape index (κ3) is 8.12. The number of hydrogen-bond donors (Lipinski definition) is 6. The molecule has 2 aliphatic rings. The normalized spacial score (nSPS) is 11.8. The van der Waals surface area contributed by atoms with Gasteiger partial charge in [0.25, 0.3) is 0 Å². The number of phenols is 1. The summed E-state index contributed by atoms with van der Waals surface area (Å²) in [5.74, 6) is -0.531. The maximum absolute atomic E-state index is 13.2. The number of aliphatic hydroxyl groups excluding tert-OH is 1. The molecule has 7 rings (SSSR count). The van der Waals surface area contributed by atoms with Crippen molar-refractivity contribution < 1.29 is 34.1 Å². The molecule has 1 aromatic heterocycles. The number of methoxy groups -OCH3 is 1. The summed E-state index contributed by atoms with van der Waals surface area (Å²) in [6, 6.07) is 26.2. The van der Waals surface area contributed by atoms with Crippen molar-refractivity contribution in [2.24, 2.45) is 0 Å². The molecule has 0 radical (unpaired) electrons. The number of carbonyl (C=O) groups excluding carboxylic acids is 1. The van der Waals surface area contributed by atoms with E-state index in [4.69, 9.17) is 33.0 Å². The molecule has 6 N–H and O–H groups in total. The molecule has 290 valence electrons. The fourth-order valence-electron chi connectivity index (χ4n) is 7.02. The van der Waals surface area contributed by atoms with E-state index in [-0.39, 0.29) is 45.5 Å². The van der Waals surface area contributed by atoms with Crippen molar-refractivity contribution >= 4 is 68.4 Å². The first-order valence-electron chi connectivity index (χ1n) is 17.9. The van der Waals surface area contributed by atoms with Crippen LogP contribution in [0.15, 0.2) is 106 Å². The number of aromatic carboxylic acids is 1. The second-order valence-corrected chi connectivity index (χ2v) is 14.2. The molecule has 0 fully saturated rings. The minimum Gasteiger partial charge on any atom is -0.508 e. The number of halogens is 1. The summed E-state index contributed by atoms with van der Waals surface area (Å²) in [7, 11) is 1.57. The molecule has 0 saturated heterocycles. The molecule has 1 aliphatic carbocycles. The molecule has 1 aliphatic heterocycles. The smallest absolute Gasteiger partial charge is 0.336 e. The number of rotatable bonds is 12. The van der Waals surface area contributed by atoms with E-state index in [1.54, 1.807) is 60.2 Å². The first-order chi connectivity index (χ1) is 27.4. The lowest BCUT2D eigenvalue weighted by atomic mass is 9.90. The summed E-state index contributed by atoms with van der Waals surface area (Å²) in [4.78, 5) is 37.9. The van der Waals surface area contributed by atoms with Gasteiger partial charge in [-0.25, -0.2) is 4.79 Å². The summed E-state index contributed by atoms with van der Waals surface area (Å²) in [6.45, 7) is 2.65. The van der Waals surface area contributed by atoms with Gasteiger partial charge in [-0.15, -0.1) is 0 Å². The lowest BCUT2D eigenvalue weighted by Crippen LogP contribution is -2.32. The van der Waals surface area contributed by atoms with Crippen LogP contribution < -0.4 is 26.1 Å². The molecule has 14 heteroatoms. The van der Waals surface area contributed by atoms with Crippen LogP contribution in [0, 0.1) is 6.92 Å². The largest absolute Gasteiger partial charge is 0.508 e. The number of anilines is 1. The van der Waals surface area contributed by atoms with E-state index in [9.17, 15) is 29.7 Å². The number of fused-ring (bicyclic) bond motifs is 3. The predicted molar refractivity (Wildman–Crippen MR) is 224 cm³/mol. The van der Waals surface area contributed by atoms with E-state index < -0.39 is 12.2 Å². The van der Waals surface area contributed by atoms with Gasteiger partial charge in [-0.2, -0.15) is 0 Å². The molecule has 0 spiro atoms. The molecule has 12 nitrogen and oxygen atoms in total. The Balaban J connectivity index is 0.992. The number of benzene rings is 5. The highest BCUT2D eigenvalue weighted by molar-refractivity contribution is 7.80. The van der Waals surface area contributed by atoms with Crippen molar-refractivity contribution in [1.29, 1.82) is 0 Å². The van der Waals surface area contributed by atoms with Crippen molar-refractivity contribution in [2.45, 2.75) is 26.0 Å². The number of nitrogens with zero attached hydrogens (tertiary/aromatic N) is 1. The third-order valence-corrected chi connectivity index (χ3v) is 10.3. The Morgan fingerprint density at radius 3 is 2.42 bits per heavy atom. The van der Waals surface area contributed by atoms with Crippen LogP contribution in [0.5, 0.6) is 11.5 Å². The Morgan fingerprint density at radius 2 is 1.67 bits per heavy atom. The van der Waals surface area contributed by atoms with E-state index in [1.807, 2.05) is 25.1 Å². The Morgan fingerprint density at radius 1 is 0.912 bits per heavy atom. The van der Waals surface area contributed by atoms with Crippen molar-refractivity contribution in [3.05, 3.63) is 135 Å². The summed E-state index contributed by atoms with van der Waals surface area (Å²) in [6.07, 6.45) is -0.383. The predicted octanol–water partition coefficient (Wildman–Crippen LogP) is 7.47. The minimum absolute atomic E-state index is 0.0186. The number of carboxylic acids is 1. The Hall–Kier alpha value is -6.41. The summed E-state index contributed by atoms with van der Waals surface area (Å²) in [5, 5.41) is 43.0. The van der Waals surface area contributed by atoms with Crippen LogP contribution in [0.3, 0.4) is 0 Å². The average Bonchev–Trinajstić information content (AvgIpc) is 3.45. The standard InChI is InChI=1S/C43H37ClN4O8S/c1-23-33(34-21-29(55-2)11-15-36(34)48(23)41(52)24-4-6-25(44)7-5-24)22-39(51)45-16-3-17-46-43(57)47-26-8-12-30(35(18-26)42(53)54)40-31-13-9-27(49)19-37(31)56-38-20-28(50)10-14-32(38)40/h4-15,18-21,41,49,52H,3,16-17,22H2,1-2H3,(H,45,51)(H,53,54)(H2,46,47,57). The van der Waals surface area contributed by atoms with Crippen molar-refractivity contribution in [1.82, 2.24) is 15.2 Å². The zero-order chi connectivity index (χ0) is 40.4. The van der Waals surface area contributed by atoms with Crippen LogP contribution in [0.1, 0.15) is 39.8 Å². The molecule has 5 aromatic rings. The van der Waals surface area contributed by atoms with Crippen molar-refractivity contribution in [3.63, 3.8) is 0 Å². The number of hydrogen-bond acceptors (Lipinski definition) is 8. The molecule has 2 heterocycles. The number of thiocarbonyl (C=S) groups is 1. The summed E-state index contributed by atoms with van der Waals surface area (Å²) >= 11 is 11.6. The molecule has 0 saturated carbocycles. The third-order valence-electron chi connectivity index (χ3n) is 9.75. The van der Waals surface area contributed by atoms with Gasteiger partial charge in [-0.05, 0) is 103 Å². The van der Waals surface area contributed by atoms with Gasteiger partial charge >= 0.3 is 5.97 Å². The second-order valence-electron chi connectivity index (χ2n) is 13.4. The molecular weight excluding hydrogens is 768 g/mol. The zero-order valence-corrected chi connectivity index (χ0v) is 32.3. The van der Waals surface area contributed by atoms with E-state index in [1.165, 1.54) is 30.3 Å². The van der Waals surface area contributed by atoms with Crippen LogP contribution in [-0.4, -0.2) is 57.1 Å². The van der Waals surface area contributed by atoms with E-state index in [2.05, 4.69) is 16.0 Å². The quantitative estimate of drug-likeness (QED) is 0.0411. The van der Waals surface area contributed by atoms with Gasteiger partial charge in [0.2, 0.25) is 5.91 Å². The molecular formula is C43H37ClN4O8S. The number of aliphatic hydroxyl groups is 1. The van der Waals surface area contributed by atoms with Crippen LogP contribution in [0.25, 0.3) is 44.3 Å². The highest BCUT2D eigenvalue weighted by atomic mass is 35.5. The number of aromatic nitrogens is 1. The molecule has 4 aromatic carbocycles. The van der Waals surface area contributed by atoms with E-state index >= 15 is 0 Å². The van der Waals surface area contributed by atoms with Gasteiger partial charge in [0.1, 0.15) is 22.8 Å². The van der Waals surface area contributed by atoms with Gasteiger partial charge in [0.15, 0.2) is 16.8 Å². The van der Waals surface area contributed by atoms with Crippen molar-refractivity contribution in [3.8, 4) is 33.9 Å². The average molecular weight is 805 g/mol. The number of nitrogens with one attached hydrogen (secondary N) is 3. The Kier molecular flexibility index (Phi) is 11.2. The lowest BCUT2D eigenvalue weighted by molar-refractivity contribution is -0.120. The molecule has 1 amide bonds. The van der Waals surface area contributed by atoms with Crippen LogP contribution in [0.4, 0.5) is 5.69 Å². The van der Waals surface area contributed by atoms with Crippen LogP contribution in [-0.2, 0) is 11.2 Å². The first-order valence-corrected chi connectivity index (χ1v) is 18.7. The van der Waals surface area contributed by atoms with Gasteiger partial charge in [-0.3, -0.25) is 9.59 Å². The van der Waals surface area contributed by atoms with Crippen molar-refractivity contribution in [2.75, 3.05) is 25.5 Å². The minimum atomic E-state index is -1.18. The summed E-state index contributed by atoms with van der Waals surface area (Å²) in [5.41, 5.74) is 4.80. The maximum atomic E-state index is 13.2. The van der Waals surface area contributed by atoms with Crippen LogP contribution >= 0.6 is 23.8 Å². The monoisotopic (exact) mass is 804 g/mol. The van der Waals surface area contributed by atoms with E-state index in [0.717, 1.165) is 22.2 Å². The first kappa shape index (κ1) is 38.8. The maximum Gasteiger partial charge on any atom is 0.336 e. The zero-order valence-electron chi connectivity index (χ0n) is 30.8. The van der Waals surface area contributed by atoms with E-state index in [0.29, 0.717) is 63.6 Å². The highest BCUT2D eigenvalue weighted by Gasteiger charge is 2.24. The number of amides is 1. The highest BCUT2D eigenvalue weighted by Crippen LogP contribution is 2.42. The fourth-order valence-corrected chi connectivity index (χ4v) is 7.37. The number of carboxylic acid groups (broad SMARTS) is 1. The fraction of sp³-hybridized carbons (Fsp3) is 0.163. The van der Waals surface area contributed by atoms with Gasteiger partial charge < -0.3 is 45.0 Å². The lowest BCUT2D eigenvalue weighted by Gasteiger charge is -2.18. The Bertz CT molecular complexity index is 2710. The number of ether oxygens (including phenoxy) is 1. The molecule has 57 heavy (non-hydrogen) atoms. The number of phenolic OH excluding ortho intramolecular Hbond substituents is 1. The van der Waals surface area contributed by atoms with Gasteiger partial charge in [0.05, 0.1) is 24.6 Å². The van der Waals surface area contributed by atoms with Crippen LogP contribution in [0.2, 0.25) is 5.02 Å². The SMILES string of the molecule is COc1ccc2c(c1)c(CC(=O)NCCCNC(=S)Nc1ccc(-c3c4ccc(=O)cc-4oc4cc(O)ccc34)c(C(=O)O)c1)c(C)n2C(O)c1ccc(Cl)cc1.